The van der Waals surface area contributed by atoms with Crippen LogP contribution in [0.15, 0.2) is 48.5 Å². The largest absolute Gasteiger partial charge is 0.465 e. The van der Waals surface area contributed by atoms with Crippen LogP contribution in [0, 0.1) is 5.41 Å². The minimum Gasteiger partial charge on any atom is -0.465 e. The summed E-state index contributed by atoms with van der Waals surface area (Å²) in [5, 5.41) is 4.92. The van der Waals surface area contributed by atoms with E-state index in [0.29, 0.717) is 0 Å². The molecular weight excluding hydrogens is 504 g/mol. The van der Waals surface area contributed by atoms with E-state index < -0.39 is 48.2 Å². The van der Waals surface area contributed by atoms with Crippen molar-refractivity contribution in [1.29, 1.82) is 0 Å². The number of alkyl carbamates (subject to hydrolysis) is 2. The molecule has 0 aliphatic heterocycles. The highest BCUT2D eigenvalue weighted by Crippen LogP contribution is 2.44. The quantitative estimate of drug-likeness (QED) is 0.261. The lowest BCUT2D eigenvalue weighted by Crippen LogP contribution is -2.56. The third kappa shape index (κ3) is 7.07. The zero-order chi connectivity index (χ0) is 28.6. The molecule has 1 aliphatic carbocycles. The molecule has 2 amide bonds. The minimum absolute atomic E-state index is 0.0304. The summed E-state index contributed by atoms with van der Waals surface area (Å²) in [6, 6.07) is 15.8. The number of ether oxygens (including phenoxy) is 4. The van der Waals surface area contributed by atoms with Gasteiger partial charge in [0.2, 0.25) is 0 Å². The first kappa shape index (κ1) is 29.5. The molecule has 210 valence electrons. The fourth-order valence-electron chi connectivity index (χ4n) is 4.38. The van der Waals surface area contributed by atoms with Gasteiger partial charge in [0.25, 0.3) is 0 Å². The van der Waals surface area contributed by atoms with Gasteiger partial charge in [0, 0.05) is 19.0 Å². The Morgan fingerprint density at radius 2 is 1.18 bits per heavy atom. The average molecular weight is 541 g/mol. The highest BCUT2D eigenvalue weighted by Gasteiger charge is 2.50. The van der Waals surface area contributed by atoms with Crippen molar-refractivity contribution >= 4 is 24.1 Å². The van der Waals surface area contributed by atoms with E-state index in [1.807, 2.05) is 48.5 Å². The summed E-state index contributed by atoms with van der Waals surface area (Å²) in [6.07, 6.45) is -1.69. The Morgan fingerprint density at radius 1 is 0.718 bits per heavy atom. The molecule has 10 nitrogen and oxygen atoms in total. The van der Waals surface area contributed by atoms with Crippen LogP contribution < -0.4 is 10.6 Å². The first-order valence-electron chi connectivity index (χ1n) is 12.9. The van der Waals surface area contributed by atoms with Gasteiger partial charge in [-0.3, -0.25) is 9.59 Å². The number of rotatable bonds is 10. The van der Waals surface area contributed by atoms with Crippen molar-refractivity contribution in [3.8, 4) is 11.1 Å². The number of hydrogen-bond donors (Lipinski definition) is 2. The molecule has 10 heteroatoms. The Morgan fingerprint density at radius 3 is 1.64 bits per heavy atom. The summed E-state index contributed by atoms with van der Waals surface area (Å²) in [6.45, 7) is 7.11. The molecule has 1 aliphatic rings. The van der Waals surface area contributed by atoms with E-state index in [2.05, 4.69) is 10.6 Å². The lowest BCUT2D eigenvalue weighted by molar-refractivity contribution is -0.171. The van der Waals surface area contributed by atoms with Crippen molar-refractivity contribution in [3.05, 3.63) is 59.7 Å². The monoisotopic (exact) mass is 540 g/mol. The second-order valence-corrected chi connectivity index (χ2v) is 10.1. The van der Waals surface area contributed by atoms with Crippen molar-refractivity contribution in [3.63, 3.8) is 0 Å². The van der Waals surface area contributed by atoms with Crippen molar-refractivity contribution in [2.24, 2.45) is 5.41 Å². The molecule has 0 saturated carbocycles. The molecule has 3 rings (SSSR count). The topological polar surface area (TPSA) is 129 Å². The van der Waals surface area contributed by atoms with Gasteiger partial charge in [-0.05, 0) is 56.9 Å². The first-order chi connectivity index (χ1) is 18.5. The standard InChI is InChI=1S/C29H36N2O8/c1-6-36-24(32)29(25(33)37-7-2,18-31-27(35)39-28(3,4)5)17-30-26(34)38-16-23-21-14-10-8-12-19(21)20-13-9-11-15-22(20)23/h8-15,23H,6-7,16-18H2,1-5H3,(H,30,34)(H,31,35). The second-order valence-electron chi connectivity index (χ2n) is 10.1. The van der Waals surface area contributed by atoms with E-state index in [1.165, 1.54) is 0 Å². The van der Waals surface area contributed by atoms with Crippen LogP contribution in [0.25, 0.3) is 11.1 Å². The van der Waals surface area contributed by atoms with E-state index in [1.54, 1.807) is 34.6 Å². The molecule has 39 heavy (non-hydrogen) atoms. The molecule has 2 N–H and O–H groups in total. The second kappa shape index (κ2) is 12.6. The van der Waals surface area contributed by atoms with Crippen molar-refractivity contribution in [1.82, 2.24) is 10.6 Å². The number of esters is 2. The molecule has 0 fully saturated rings. The van der Waals surface area contributed by atoms with E-state index >= 15 is 0 Å². The van der Waals surface area contributed by atoms with Gasteiger partial charge in [0.05, 0.1) is 13.2 Å². The summed E-state index contributed by atoms with van der Waals surface area (Å²) in [5.74, 6) is -2.09. The third-order valence-electron chi connectivity index (χ3n) is 6.14. The van der Waals surface area contributed by atoms with E-state index in [-0.39, 0.29) is 25.7 Å². The maximum absolute atomic E-state index is 13.0. The summed E-state index contributed by atoms with van der Waals surface area (Å²) in [4.78, 5) is 51.2. The highest BCUT2D eigenvalue weighted by molar-refractivity contribution is 6.01. The van der Waals surface area contributed by atoms with Crippen molar-refractivity contribution in [2.75, 3.05) is 32.9 Å². The zero-order valence-corrected chi connectivity index (χ0v) is 23.0. The summed E-state index contributed by atoms with van der Waals surface area (Å²) >= 11 is 0. The Labute approximate surface area is 228 Å². The molecule has 2 aromatic carbocycles. The van der Waals surface area contributed by atoms with Crippen LogP contribution in [0.2, 0.25) is 0 Å². The predicted octanol–water partition coefficient (Wildman–Crippen LogP) is 4.16. The van der Waals surface area contributed by atoms with Gasteiger partial charge in [-0.2, -0.15) is 0 Å². The van der Waals surface area contributed by atoms with E-state index in [9.17, 15) is 19.2 Å². The average Bonchev–Trinajstić information content (AvgIpc) is 3.20. The third-order valence-corrected chi connectivity index (χ3v) is 6.14. The van der Waals surface area contributed by atoms with Gasteiger partial charge in [-0.15, -0.1) is 0 Å². The zero-order valence-electron chi connectivity index (χ0n) is 23.0. The molecular formula is C29H36N2O8. The molecule has 0 atom stereocenters. The maximum Gasteiger partial charge on any atom is 0.407 e. The number of carbonyl (C=O) groups is 4. The highest BCUT2D eigenvalue weighted by atomic mass is 16.6. The SMILES string of the molecule is CCOC(=O)C(CNC(=O)OCC1c2ccccc2-c2ccccc21)(CNC(=O)OC(C)(C)C)C(=O)OCC. The fourth-order valence-corrected chi connectivity index (χ4v) is 4.38. The van der Waals surface area contributed by atoms with Crippen molar-refractivity contribution in [2.45, 2.75) is 46.1 Å². The van der Waals surface area contributed by atoms with E-state index in [0.717, 1.165) is 22.3 Å². The van der Waals surface area contributed by atoms with Gasteiger partial charge >= 0.3 is 24.1 Å². The van der Waals surface area contributed by atoms with Gasteiger partial charge < -0.3 is 29.6 Å². The van der Waals surface area contributed by atoms with Crippen LogP contribution in [0.3, 0.4) is 0 Å². The summed E-state index contributed by atoms with van der Waals surface area (Å²) in [5.41, 5.74) is 1.38. The molecule has 0 radical (unpaired) electrons. The first-order valence-corrected chi connectivity index (χ1v) is 12.9. The lowest BCUT2D eigenvalue weighted by Gasteiger charge is -2.30. The van der Waals surface area contributed by atoms with E-state index in [4.69, 9.17) is 18.9 Å². The molecule has 0 heterocycles. The number of hydrogen-bond acceptors (Lipinski definition) is 8. The molecule has 0 saturated heterocycles. The van der Waals surface area contributed by atoms with Crippen LogP contribution in [0.1, 0.15) is 51.7 Å². The number of benzene rings is 2. The Bertz CT molecular complexity index is 1140. The Balaban J connectivity index is 1.74. The smallest absolute Gasteiger partial charge is 0.407 e. The Hall–Kier alpha value is -4.08. The number of nitrogens with one attached hydrogen (secondary N) is 2. The van der Waals surface area contributed by atoms with Gasteiger partial charge in [-0.25, -0.2) is 9.59 Å². The van der Waals surface area contributed by atoms with Crippen LogP contribution in [0.5, 0.6) is 0 Å². The molecule has 2 aromatic rings. The van der Waals surface area contributed by atoms with Crippen LogP contribution >= 0.6 is 0 Å². The normalized spacial score (nSPS) is 12.5. The summed E-state index contributed by atoms with van der Waals surface area (Å²) < 4.78 is 21.0. The lowest BCUT2D eigenvalue weighted by atomic mass is 9.87. The molecule has 0 spiro atoms. The predicted molar refractivity (Wildman–Crippen MR) is 143 cm³/mol. The van der Waals surface area contributed by atoms with Gasteiger partial charge in [-0.1, -0.05) is 48.5 Å². The Kier molecular flexibility index (Phi) is 9.56. The van der Waals surface area contributed by atoms with Crippen LogP contribution in [-0.2, 0) is 28.5 Å². The van der Waals surface area contributed by atoms with Crippen LogP contribution in [-0.4, -0.2) is 62.6 Å². The maximum atomic E-state index is 13.0. The molecule has 0 aromatic heterocycles. The fraction of sp³-hybridized carbons (Fsp3) is 0.448. The minimum atomic E-state index is -2.06. The van der Waals surface area contributed by atoms with Gasteiger partial charge in [0.1, 0.15) is 12.2 Å². The van der Waals surface area contributed by atoms with Crippen molar-refractivity contribution < 1.29 is 38.1 Å². The summed E-state index contributed by atoms with van der Waals surface area (Å²) in [7, 11) is 0. The van der Waals surface area contributed by atoms with Gasteiger partial charge in [0.15, 0.2) is 5.41 Å². The number of amides is 2. The molecule has 0 unspecified atom stereocenters. The van der Waals surface area contributed by atoms with Crippen LogP contribution in [0.4, 0.5) is 9.59 Å². The number of fused-ring (bicyclic) bond motifs is 3. The number of carbonyl (C=O) groups excluding carboxylic acids is 4. The molecule has 0 bridgehead atoms.